The maximum Gasteiger partial charge on any atom is 0.335 e. The molecule has 1 aromatic carbocycles. The third-order valence-corrected chi connectivity index (χ3v) is 2.34. The summed E-state index contributed by atoms with van der Waals surface area (Å²) in [6.07, 6.45) is 1.46. The van der Waals surface area contributed by atoms with Crippen LogP contribution in [0.5, 0.6) is 0 Å². The van der Waals surface area contributed by atoms with Crippen molar-refractivity contribution >= 4 is 35.2 Å². The number of carboxylic acids is 1. The van der Waals surface area contributed by atoms with E-state index >= 15 is 0 Å². The highest BCUT2D eigenvalue weighted by atomic mass is 35.5. The molecule has 0 spiro atoms. The molecule has 68 valence electrons. The van der Waals surface area contributed by atoms with Gasteiger partial charge in [0.25, 0.3) is 0 Å². The molecule has 2 nitrogen and oxygen atoms in total. The van der Waals surface area contributed by atoms with Crippen molar-refractivity contribution in [3.05, 3.63) is 39.9 Å². The molecule has 0 aliphatic carbocycles. The standard InChI is InChI=1S/C9H6Cl2O2/c1-2-5-3-6(9(12)13)4-7(10)8(5)11/h2-4H,1H2,(H,12,13). The van der Waals surface area contributed by atoms with Gasteiger partial charge in [-0.05, 0) is 17.7 Å². The Balaban J connectivity index is 3.38. The van der Waals surface area contributed by atoms with Gasteiger partial charge in [-0.2, -0.15) is 0 Å². The van der Waals surface area contributed by atoms with Crippen LogP contribution in [0.3, 0.4) is 0 Å². The van der Waals surface area contributed by atoms with Gasteiger partial charge >= 0.3 is 5.97 Å². The van der Waals surface area contributed by atoms with Crippen LogP contribution in [0.15, 0.2) is 18.7 Å². The van der Waals surface area contributed by atoms with E-state index in [0.717, 1.165) is 0 Å². The first-order valence-electron chi connectivity index (χ1n) is 3.41. The zero-order valence-electron chi connectivity index (χ0n) is 6.55. The van der Waals surface area contributed by atoms with Crippen LogP contribution < -0.4 is 0 Å². The summed E-state index contributed by atoms with van der Waals surface area (Å²) >= 11 is 11.5. The van der Waals surface area contributed by atoms with Crippen LogP contribution in [0, 0.1) is 0 Å². The van der Waals surface area contributed by atoms with Crippen LogP contribution in [0.1, 0.15) is 15.9 Å². The summed E-state index contributed by atoms with van der Waals surface area (Å²) in [7, 11) is 0. The topological polar surface area (TPSA) is 37.3 Å². The summed E-state index contributed by atoms with van der Waals surface area (Å²) in [6, 6.07) is 2.72. The Morgan fingerprint density at radius 2 is 2.08 bits per heavy atom. The summed E-state index contributed by atoms with van der Waals surface area (Å²) in [5.41, 5.74) is 0.621. The molecule has 0 aliphatic rings. The maximum atomic E-state index is 10.6. The molecule has 0 atom stereocenters. The number of benzene rings is 1. The van der Waals surface area contributed by atoms with Crippen LogP contribution in [-0.4, -0.2) is 11.1 Å². The average Bonchev–Trinajstić information content (AvgIpc) is 2.09. The van der Waals surface area contributed by atoms with E-state index in [1.807, 2.05) is 0 Å². The van der Waals surface area contributed by atoms with Gasteiger partial charge in [0.05, 0.1) is 15.6 Å². The van der Waals surface area contributed by atoms with E-state index in [0.29, 0.717) is 10.6 Å². The molecule has 1 aromatic rings. The van der Waals surface area contributed by atoms with Gasteiger partial charge in [-0.1, -0.05) is 35.9 Å². The monoisotopic (exact) mass is 216 g/mol. The second kappa shape index (κ2) is 3.81. The van der Waals surface area contributed by atoms with Crippen molar-refractivity contribution in [1.29, 1.82) is 0 Å². The lowest BCUT2D eigenvalue weighted by atomic mass is 10.1. The van der Waals surface area contributed by atoms with Gasteiger partial charge in [-0.3, -0.25) is 0 Å². The Morgan fingerprint density at radius 3 is 2.54 bits per heavy atom. The Bertz CT molecular complexity index is 372. The highest BCUT2D eigenvalue weighted by molar-refractivity contribution is 6.43. The van der Waals surface area contributed by atoms with E-state index in [9.17, 15) is 4.79 Å². The quantitative estimate of drug-likeness (QED) is 0.824. The molecule has 4 heteroatoms. The molecule has 0 heterocycles. The van der Waals surface area contributed by atoms with Crippen molar-refractivity contribution in [2.75, 3.05) is 0 Å². The lowest BCUT2D eigenvalue weighted by Crippen LogP contribution is -1.96. The van der Waals surface area contributed by atoms with Crippen molar-refractivity contribution in [2.45, 2.75) is 0 Å². The molecule has 0 amide bonds. The molecule has 0 saturated carbocycles. The molecule has 0 radical (unpaired) electrons. The van der Waals surface area contributed by atoms with Crippen LogP contribution in [-0.2, 0) is 0 Å². The Labute approximate surface area is 85.4 Å². The fraction of sp³-hybridized carbons (Fsp3) is 0. The predicted molar refractivity (Wildman–Crippen MR) is 53.5 cm³/mol. The van der Waals surface area contributed by atoms with Crippen LogP contribution in [0.2, 0.25) is 10.0 Å². The van der Waals surface area contributed by atoms with Gasteiger partial charge in [0.15, 0.2) is 0 Å². The molecule has 0 aromatic heterocycles. The second-order valence-electron chi connectivity index (χ2n) is 2.37. The Hall–Kier alpha value is -0.990. The van der Waals surface area contributed by atoms with Gasteiger partial charge in [0.1, 0.15) is 0 Å². The highest BCUT2D eigenvalue weighted by Gasteiger charge is 2.09. The summed E-state index contributed by atoms with van der Waals surface area (Å²) in [4.78, 5) is 10.6. The fourth-order valence-corrected chi connectivity index (χ4v) is 1.30. The summed E-state index contributed by atoms with van der Waals surface area (Å²) in [5, 5.41) is 9.22. The van der Waals surface area contributed by atoms with Crippen molar-refractivity contribution < 1.29 is 9.90 Å². The minimum Gasteiger partial charge on any atom is -0.478 e. The number of carbonyl (C=O) groups is 1. The van der Waals surface area contributed by atoms with Gasteiger partial charge in [-0.25, -0.2) is 4.79 Å². The molecule has 0 saturated heterocycles. The lowest BCUT2D eigenvalue weighted by Gasteiger charge is -2.02. The number of hydrogen-bond acceptors (Lipinski definition) is 1. The van der Waals surface area contributed by atoms with Crippen LogP contribution >= 0.6 is 23.2 Å². The molecule has 1 N–H and O–H groups in total. The minimum absolute atomic E-state index is 0.101. The van der Waals surface area contributed by atoms with Crippen LogP contribution in [0.4, 0.5) is 0 Å². The zero-order chi connectivity index (χ0) is 10.0. The molecule has 13 heavy (non-hydrogen) atoms. The number of rotatable bonds is 2. The molecule has 0 unspecified atom stereocenters. The van der Waals surface area contributed by atoms with Gasteiger partial charge in [-0.15, -0.1) is 0 Å². The molecule has 0 aliphatic heterocycles. The van der Waals surface area contributed by atoms with Gasteiger partial charge < -0.3 is 5.11 Å². The van der Waals surface area contributed by atoms with Gasteiger partial charge in [0.2, 0.25) is 0 Å². The highest BCUT2D eigenvalue weighted by Crippen LogP contribution is 2.28. The smallest absolute Gasteiger partial charge is 0.335 e. The summed E-state index contributed by atoms with van der Waals surface area (Å²) < 4.78 is 0. The van der Waals surface area contributed by atoms with Crippen molar-refractivity contribution in [1.82, 2.24) is 0 Å². The molecule has 0 bridgehead atoms. The maximum absolute atomic E-state index is 10.6. The summed E-state index contributed by atoms with van der Waals surface area (Å²) in [6.45, 7) is 3.50. The number of hydrogen-bond donors (Lipinski definition) is 1. The first kappa shape index (κ1) is 10.1. The van der Waals surface area contributed by atoms with E-state index in [-0.39, 0.29) is 10.6 Å². The van der Waals surface area contributed by atoms with E-state index in [4.69, 9.17) is 28.3 Å². The van der Waals surface area contributed by atoms with E-state index in [1.165, 1.54) is 18.2 Å². The van der Waals surface area contributed by atoms with Crippen LogP contribution in [0.25, 0.3) is 6.08 Å². The second-order valence-corrected chi connectivity index (χ2v) is 3.16. The number of aromatic carboxylic acids is 1. The first-order valence-corrected chi connectivity index (χ1v) is 4.16. The van der Waals surface area contributed by atoms with Gasteiger partial charge in [0, 0.05) is 0 Å². The Morgan fingerprint density at radius 1 is 1.46 bits per heavy atom. The molecule has 1 rings (SSSR count). The first-order chi connectivity index (χ1) is 6.06. The summed E-state index contributed by atoms with van der Waals surface area (Å²) in [5.74, 6) is -1.04. The van der Waals surface area contributed by atoms with E-state index in [1.54, 1.807) is 0 Å². The van der Waals surface area contributed by atoms with Crippen molar-refractivity contribution in [3.8, 4) is 0 Å². The number of carboxylic acid groups (broad SMARTS) is 1. The van der Waals surface area contributed by atoms with E-state index in [2.05, 4.69) is 6.58 Å². The van der Waals surface area contributed by atoms with Crippen molar-refractivity contribution in [3.63, 3.8) is 0 Å². The molecular weight excluding hydrogens is 211 g/mol. The predicted octanol–water partition coefficient (Wildman–Crippen LogP) is 3.33. The average molecular weight is 217 g/mol. The zero-order valence-corrected chi connectivity index (χ0v) is 8.06. The van der Waals surface area contributed by atoms with Crippen molar-refractivity contribution in [2.24, 2.45) is 0 Å². The normalized spacial score (nSPS) is 9.69. The fourth-order valence-electron chi connectivity index (χ4n) is 0.882. The largest absolute Gasteiger partial charge is 0.478 e. The lowest BCUT2D eigenvalue weighted by molar-refractivity contribution is 0.0697. The minimum atomic E-state index is -1.04. The third kappa shape index (κ3) is 2.02. The molecule has 0 fully saturated rings. The number of halogens is 2. The Kier molecular flexibility index (Phi) is 2.96. The SMILES string of the molecule is C=Cc1cc(C(=O)O)cc(Cl)c1Cl. The molecular formula is C9H6Cl2O2. The third-order valence-electron chi connectivity index (χ3n) is 1.52. The van der Waals surface area contributed by atoms with E-state index < -0.39 is 5.97 Å².